The molecule has 0 spiro atoms. The van der Waals surface area contributed by atoms with Crippen LogP contribution in [-0.2, 0) is 4.79 Å². The third kappa shape index (κ3) is 4.45. The number of benzene rings is 1. The molecule has 0 fully saturated rings. The number of halogens is 2. The lowest BCUT2D eigenvalue weighted by atomic mass is 9.97. The van der Waals surface area contributed by atoms with Crippen molar-refractivity contribution in [1.29, 1.82) is 0 Å². The first-order valence-corrected chi connectivity index (χ1v) is 6.33. The molecule has 1 aromatic carbocycles. The first-order valence-electron chi connectivity index (χ1n) is 6.33. The number of hydrogen-bond donors (Lipinski definition) is 2. The van der Waals surface area contributed by atoms with Gasteiger partial charge >= 0.3 is 5.97 Å². The van der Waals surface area contributed by atoms with E-state index in [0.717, 1.165) is 12.1 Å². The molecule has 112 valence electrons. The van der Waals surface area contributed by atoms with Crippen LogP contribution in [0.25, 0.3) is 0 Å². The van der Waals surface area contributed by atoms with Crippen LogP contribution < -0.4 is 10.1 Å². The molecule has 0 aromatic heterocycles. The maximum absolute atomic E-state index is 13.0. The van der Waals surface area contributed by atoms with Crippen molar-refractivity contribution in [2.75, 3.05) is 6.61 Å². The summed E-state index contributed by atoms with van der Waals surface area (Å²) in [6.45, 7) is 5.33. The van der Waals surface area contributed by atoms with E-state index in [0.29, 0.717) is 0 Å². The van der Waals surface area contributed by atoms with E-state index in [1.54, 1.807) is 6.92 Å². The Morgan fingerprint density at radius 1 is 1.40 bits per heavy atom. The zero-order valence-corrected chi connectivity index (χ0v) is 11.7. The SMILES string of the molecule is CC(C)NC(C)(CCOc1ccc(F)c(F)c1)C(=O)O. The van der Waals surface area contributed by atoms with Crippen molar-refractivity contribution in [2.24, 2.45) is 0 Å². The van der Waals surface area contributed by atoms with Gasteiger partial charge in [0.1, 0.15) is 11.3 Å². The van der Waals surface area contributed by atoms with Crippen molar-refractivity contribution in [1.82, 2.24) is 5.32 Å². The van der Waals surface area contributed by atoms with Crippen LogP contribution in [0.3, 0.4) is 0 Å². The maximum atomic E-state index is 13.0. The third-order valence-electron chi connectivity index (χ3n) is 2.84. The molecule has 4 nitrogen and oxygen atoms in total. The molecule has 0 aliphatic heterocycles. The van der Waals surface area contributed by atoms with Crippen molar-refractivity contribution in [2.45, 2.75) is 38.8 Å². The van der Waals surface area contributed by atoms with E-state index >= 15 is 0 Å². The predicted molar refractivity (Wildman–Crippen MR) is 70.8 cm³/mol. The van der Waals surface area contributed by atoms with Gasteiger partial charge in [0.25, 0.3) is 0 Å². The zero-order valence-electron chi connectivity index (χ0n) is 11.7. The summed E-state index contributed by atoms with van der Waals surface area (Å²) in [5, 5.41) is 12.2. The van der Waals surface area contributed by atoms with Gasteiger partial charge in [-0.25, -0.2) is 8.78 Å². The van der Waals surface area contributed by atoms with Crippen LogP contribution in [0.1, 0.15) is 27.2 Å². The number of carboxylic acid groups (broad SMARTS) is 1. The molecule has 1 rings (SSSR count). The second kappa shape index (κ2) is 6.65. The quantitative estimate of drug-likeness (QED) is 0.809. The molecule has 1 unspecified atom stereocenters. The highest BCUT2D eigenvalue weighted by Crippen LogP contribution is 2.17. The Hall–Kier alpha value is -1.69. The van der Waals surface area contributed by atoms with Crippen molar-refractivity contribution < 1.29 is 23.4 Å². The average molecular weight is 287 g/mol. The Balaban J connectivity index is 2.60. The molecule has 0 bridgehead atoms. The minimum Gasteiger partial charge on any atom is -0.493 e. The maximum Gasteiger partial charge on any atom is 0.323 e. The van der Waals surface area contributed by atoms with Gasteiger partial charge in [-0.2, -0.15) is 0 Å². The molecule has 6 heteroatoms. The van der Waals surface area contributed by atoms with E-state index in [4.69, 9.17) is 4.74 Å². The fourth-order valence-corrected chi connectivity index (χ4v) is 1.82. The van der Waals surface area contributed by atoms with Gasteiger partial charge in [-0.05, 0) is 32.9 Å². The summed E-state index contributed by atoms with van der Waals surface area (Å²) >= 11 is 0. The summed E-state index contributed by atoms with van der Waals surface area (Å²) in [5.74, 6) is -2.76. The van der Waals surface area contributed by atoms with Gasteiger partial charge in [-0.15, -0.1) is 0 Å². The molecule has 0 aliphatic rings. The van der Waals surface area contributed by atoms with Gasteiger partial charge in [-0.1, -0.05) is 0 Å². The summed E-state index contributed by atoms with van der Waals surface area (Å²) in [4.78, 5) is 11.3. The molecule has 1 atom stereocenters. The van der Waals surface area contributed by atoms with Crippen LogP contribution in [0.2, 0.25) is 0 Å². The lowest BCUT2D eigenvalue weighted by molar-refractivity contribution is -0.145. The summed E-state index contributed by atoms with van der Waals surface area (Å²) in [6.07, 6.45) is 0.194. The molecule has 0 saturated heterocycles. The van der Waals surface area contributed by atoms with Crippen LogP contribution in [0.4, 0.5) is 8.78 Å². The standard InChI is InChI=1S/C14H19F2NO3/c1-9(2)17-14(3,13(18)19)6-7-20-10-4-5-11(15)12(16)8-10/h4-5,8-9,17H,6-7H2,1-3H3,(H,18,19). The zero-order chi connectivity index (χ0) is 15.3. The highest BCUT2D eigenvalue weighted by molar-refractivity contribution is 5.78. The van der Waals surface area contributed by atoms with Crippen molar-refractivity contribution >= 4 is 5.97 Å². The van der Waals surface area contributed by atoms with Gasteiger partial charge in [0.15, 0.2) is 11.6 Å². The van der Waals surface area contributed by atoms with Gasteiger partial charge in [0.05, 0.1) is 6.61 Å². The van der Waals surface area contributed by atoms with Gasteiger partial charge in [0.2, 0.25) is 0 Å². The first-order chi connectivity index (χ1) is 9.24. The minimum atomic E-state index is -1.13. The minimum absolute atomic E-state index is 0.000587. The topological polar surface area (TPSA) is 58.6 Å². The molecular weight excluding hydrogens is 268 g/mol. The monoisotopic (exact) mass is 287 g/mol. The molecule has 1 aromatic rings. The molecule has 0 amide bonds. The largest absolute Gasteiger partial charge is 0.493 e. The molecular formula is C14H19F2NO3. The van der Waals surface area contributed by atoms with E-state index < -0.39 is 23.1 Å². The predicted octanol–water partition coefficient (Wildman–Crippen LogP) is 2.58. The first kappa shape index (κ1) is 16.4. The number of carbonyl (C=O) groups is 1. The normalized spacial score (nSPS) is 14.1. The number of aliphatic carboxylic acids is 1. The number of carboxylic acids is 1. The van der Waals surface area contributed by atoms with E-state index in [-0.39, 0.29) is 24.8 Å². The lowest BCUT2D eigenvalue weighted by Crippen LogP contribution is -2.53. The Morgan fingerprint density at radius 2 is 2.05 bits per heavy atom. The Labute approximate surface area is 116 Å². The average Bonchev–Trinajstić information content (AvgIpc) is 2.32. The number of rotatable bonds is 7. The van der Waals surface area contributed by atoms with Crippen molar-refractivity contribution in [3.05, 3.63) is 29.8 Å². The van der Waals surface area contributed by atoms with Crippen LogP contribution in [0.15, 0.2) is 18.2 Å². The molecule has 0 radical (unpaired) electrons. The van der Waals surface area contributed by atoms with Crippen molar-refractivity contribution in [3.63, 3.8) is 0 Å². The number of hydrogen-bond acceptors (Lipinski definition) is 3. The summed E-state index contributed by atoms with van der Waals surface area (Å²) < 4.78 is 31.0. The Kier molecular flexibility index (Phi) is 5.44. The summed E-state index contributed by atoms with van der Waals surface area (Å²) in [5.41, 5.74) is -1.13. The summed E-state index contributed by atoms with van der Waals surface area (Å²) in [6, 6.07) is 3.20. The second-order valence-electron chi connectivity index (χ2n) is 5.11. The molecule has 2 N–H and O–H groups in total. The highest BCUT2D eigenvalue weighted by atomic mass is 19.2. The van der Waals surface area contributed by atoms with E-state index in [2.05, 4.69) is 5.32 Å². The smallest absolute Gasteiger partial charge is 0.323 e. The highest BCUT2D eigenvalue weighted by Gasteiger charge is 2.33. The van der Waals surface area contributed by atoms with Crippen LogP contribution in [0.5, 0.6) is 5.75 Å². The van der Waals surface area contributed by atoms with Gasteiger partial charge < -0.3 is 9.84 Å². The Morgan fingerprint density at radius 3 is 2.55 bits per heavy atom. The fraction of sp³-hybridized carbons (Fsp3) is 0.500. The van der Waals surface area contributed by atoms with Crippen LogP contribution in [0, 0.1) is 11.6 Å². The van der Waals surface area contributed by atoms with Crippen LogP contribution in [-0.4, -0.2) is 29.3 Å². The lowest BCUT2D eigenvalue weighted by Gasteiger charge is -2.28. The molecule has 0 aliphatic carbocycles. The number of nitrogens with one attached hydrogen (secondary N) is 1. The van der Waals surface area contributed by atoms with E-state index in [9.17, 15) is 18.7 Å². The summed E-state index contributed by atoms with van der Waals surface area (Å²) in [7, 11) is 0. The molecule has 20 heavy (non-hydrogen) atoms. The third-order valence-corrected chi connectivity index (χ3v) is 2.84. The van der Waals surface area contributed by atoms with Crippen LogP contribution >= 0.6 is 0 Å². The molecule has 0 saturated carbocycles. The molecule has 0 heterocycles. The van der Waals surface area contributed by atoms with E-state index in [1.807, 2.05) is 13.8 Å². The Bertz CT molecular complexity index is 479. The van der Waals surface area contributed by atoms with E-state index in [1.165, 1.54) is 6.07 Å². The second-order valence-corrected chi connectivity index (χ2v) is 5.11. The number of ether oxygens (including phenoxy) is 1. The van der Waals surface area contributed by atoms with Gasteiger partial charge in [-0.3, -0.25) is 10.1 Å². The fourth-order valence-electron chi connectivity index (χ4n) is 1.82. The van der Waals surface area contributed by atoms with Gasteiger partial charge in [0, 0.05) is 18.5 Å². The van der Waals surface area contributed by atoms with Crippen molar-refractivity contribution in [3.8, 4) is 5.75 Å².